The van der Waals surface area contributed by atoms with Gasteiger partial charge in [0.1, 0.15) is 0 Å². The molecule has 0 bridgehead atoms. The van der Waals surface area contributed by atoms with Crippen LogP contribution in [0.5, 0.6) is 0 Å². The molecule has 2 N–H and O–H groups in total. The maximum atomic E-state index is 11.8. The van der Waals surface area contributed by atoms with Crippen molar-refractivity contribution in [3.05, 3.63) is 53.3 Å². The summed E-state index contributed by atoms with van der Waals surface area (Å²) in [5, 5.41) is 17.0. The number of carbonyl (C=O) groups excluding carboxylic acids is 1. The molecule has 1 aromatic heterocycles. The van der Waals surface area contributed by atoms with Crippen molar-refractivity contribution in [2.24, 2.45) is 7.05 Å². The van der Waals surface area contributed by atoms with Crippen LogP contribution in [0.15, 0.2) is 36.5 Å². The molecule has 0 aliphatic heterocycles. The third-order valence-corrected chi connectivity index (χ3v) is 3.88. The number of nitrogens with one attached hydrogen (secondary N) is 1. The monoisotopic (exact) mass is 301 g/mol. The molecule has 2 aromatic rings. The quantitative estimate of drug-likeness (QED) is 0.821. The van der Waals surface area contributed by atoms with E-state index in [1.54, 1.807) is 0 Å². The second-order valence-electron chi connectivity index (χ2n) is 5.44. The largest absolute Gasteiger partial charge is 0.388 e. The lowest BCUT2D eigenvalue weighted by Crippen LogP contribution is -2.25. The smallest absolute Gasteiger partial charge is 0.220 e. The number of rotatable bonds is 7. The minimum absolute atomic E-state index is 0.00325. The molecule has 0 saturated carbocycles. The van der Waals surface area contributed by atoms with Crippen LogP contribution in [0.1, 0.15) is 35.8 Å². The summed E-state index contributed by atoms with van der Waals surface area (Å²) in [6.45, 7) is 2.47. The van der Waals surface area contributed by atoms with Gasteiger partial charge in [0.15, 0.2) is 0 Å². The van der Waals surface area contributed by atoms with Gasteiger partial charge in [0.2, 0.25) is 5.91 Å². The minimum atomic E-state index is -0.540. The Balaban J connectivity index is 1.69. The van der Waals surface area contributed by atoms with Crippen molar-refractivity contribution in [3.8, 4) is 0 Å². The number of aryl methyl sites for hydroxylation is 2. The number of hydrogen-bond acceptors (Lipinski definition) is 3. The zero-order chi connectivity index (χ0) is 15.9. The Labute approximate surface area is 131 Å². The van der Waals surface area contributed by atoms with E-state index in [4.69, 9.17) is 0 Å². The highest BCUT2D eigenvalue weighted by Crippen LogP contribution is 2.15. The summed E-state index contributed by atoms with van der Waals surface area (Å²) in [7, 11) is 1.89. The van der Waals surface area contributed by atoms with Gasteiger partial charge in [-0.05, 0) is 30.9 Å². The fourth-order valence-electron chi connectivity index (χ4n) is 2.32. The number of carbonyl (C=O) groups is 1. The predicted octanol–water partition coefficient (Wildman–Crippen LogP) is 1.90. The Morgan fingerprint density at radius 3 is 2.73 bits per heavy atom. The first-order chi connectivity index (χ1) is 10.6. The first-order valence-electron chi connectivity index (χ1n) is 7.55. The first-order valence-corrected chi connectivity index (χ1v) is 7.55. The molecule has 1 heterocycles. The number of benzene rings is 1. The van der Waals surface area contributed by atoms with Crippen LogP contribution >= 0.6 is 0 Å². The summed E-state index contributed by atoms with van der Waals surface area (Å²) >= 11 is 0. The van der Waals surface area contributed by atoms with Crippen LogP contribution in [-0.4, -0.2) is 27.3 Å². The van der Waals surface area contributed by atoms with Crippen LogP contribution in [0, 0.1) is 6.92 Å². The van der Waals surface area contributed by atoms with Crippen LogP contribution in [0.4, 0.5) is 0 Å². The molecule has 1 unspecified atom stereocenters. The van der Waals surface area contributed by atoms with E-state index >= 15 is 0 Å². The van der Waals surface area contributed by atoms with Gasteiger partial charge >= 0.3 is 0 Å². The lowest BCUT2D eigenvalue weighted by atomic mass is 10.1. The van der Waals surface area contributed by atoms with E-state index in [0.29, 0.717) is 25.8 Å². The van der Waals surface area contributed by atoms with Crippen molar-refractivity contribution in [1.29, 1.82) is 0 Å². The van der Waals surface area contributed by atoms with E-state index in [-0.39, 0.29) is 5.91 Å². The molecule has 1 atom stereocenters. The number of hydrogen-bond donors (Lipinski definition) is 2. The van der Waals surface area contributed by atoms with Gasteiger partial charge in [0.05, 0.1) is 12.3 Å². The van der Waals surface area contributed by atoms with Crippen LogP contribution in [0.25, 0.3) is 0 Å². The summed E-state index contributed by atoms with van der Waals surface area (Å²) < 4.78 is 1.81. The van der Waals surface area contributed by atoms with Crippen molar-refractivity contribution in [1.82, 2.24) is 15.1 Å². The third-order valence-electron chi connectivity index (χ3n) is 3.88. The summed E-state index contributed by atoms with van der Waals surface area (Å²) in [5.74, 6) is 0.00325. The topological polar surface area (TPSA) is 67.2 Å². The summed E-state index contributed by atoms with van der Waals surface area (Å²) in [5.41, 5.74) is 3.07. The zero-order valence-corrected chi connectivity index (χ0v) is 13.1. The minimum Gasteiger partial charge on any atom is -0.388 e. The van der Waals surface area contributed by atoms with Crippen molar-refractivity contribution in [2.75, 3.05) is 6.54 Å². The highest BCUT2D eigenvalue weighted by Gasteiger charge is 2.09. The Kier molecular flexibility index (Phi) is 5.72. The van der Waals surface area contributed by atoms with E-state index in [9.17, 15) is 9.90 Å². The van der Waals surface area contributed by atoms with E-state index in [1.807, 2.05) is 55.2 Å². The van der Waals surface area contributed by atoms with Gasteiger partial charge in [0, 0.05) is 25.7 Å². The van der Waals surface area contributed by atoms with Crippen LogP contribution in [0.3, 0.4) is 0 Å². The SMILES string of the molecule is Cc1c(CCC(=O)NCCC(O)c2ccccc2)cnn1C. The molecule has 0 radical (unpaired) electrons. The van der Waals surface area contributed by atoms with Crippen LogP contribution in [0.2, 0.25) is 0 Å². The highest BCUT2D eigenvalue weighted by atomic mass is 16.3. The number of aromatic nitrogens is 2. The molecule has 0 aliphatic rings. The number of nitrogens with zero attached hydrogens (tertiary/aromatic N) is 2. The fourth-order valence-corrected chi connectivity index (χ4v) is 2.32. The van der Waals surface area contributed by atoms with E-state index in [1.165, 1.54) is 0 Å². The van der Waals surface area contributed by atoms with Crippen LogP contribution < -0.4 is 5.32 Å². The van der Waals surface area contributed by atoms with Gasteiger partial charge < -0.3 is 10.4 Å². The van der Waals surface area contributed by atoms with E-state index < -0.39 is 6.10 Å². The molecule has 1 amide bonds. The Morgan fingerprint density at radius 1 is 1.36 bits per heavy atom. The normalized spacial score (nSPS) is 12.1. The van der Waals surface area contributed by atoms with Crippen molar-refractivity contribution < 1.29 is 9.90 Å². The van der Waals surface area contributed by atoms with Crippen molar-refractivity contribution >= 4 is 5.91 Å². The summed E-state index contributed by atoms with van der Waals surface area (Å²) in [4.78, 5) is 11.8. The first kappa shape index (κ1) is 16.2. The average Bonchev–Trinajstić information content (AvgIpc) is 2.85. The molecule has 22 heavy (non-hydrogen) atoms. The number of amides is 1. The predicted molar refractivity (Wildman–Crippen MR) is 85.3 cm³/mol. The zero-order valence-electron chi connectivity index (χ0n) is 13.1. The van der Waals surface area contributed by atoms with Gasteiger partial charge in [-0.3, -0.25) is 9.48 Å². The molecule has 2 rings (SSSR count). The number of aliphatic hydroxyl groups is 1. The molecular weight excluding hydrogens is 278 g/mol. The Morgan fingerprint density at radius 2 is 2.09 bits per heavy atom. The molecular formula is C17H23N3O2. The molecule has 0 fully saturated rings. The van der Waals surface area contributed by atoms with E-state index in [0.717, 1.165) is 16.8 Å². The van der Waals surface area contributed by atoms with Crippen molar-refractivity contribution in [2.45, 2.75) is 32.3 Å². The lowest BCUT2D eigenvalue weighted by Gasteiger charge is -2.11. The van der Waals surface area contributed by atoms with Gasteiger partial charge in [-0.2, -0.15) is 5.10 Å². The summed E-state index contributed by atoms with van der Waals surface area (Å²) in [6.07, 6.45) is 2.91. The highest BCUT2D eigenvalue weighted by molar-refractivity contribution is 5.76. The molecule has 0 aliphatic carbocycles. The molecule has 0 saturated heterocycles. The van der Waals surface area contributed by atoms with Gasteiger partial charge in [-0.1, -0.05) is 30.3 Å². The second-order valence-corrected chi connectivity index (χ2v) is 5.44. The van der Waals surface area contributed by atoms with Gasteiger partial charge in [-0.15, -0.1) is 0 Å². The average molecular weight is 301 g/mol. The van der Waals surface area contributed by atoms with E-state index in [2.05, 4.69) is 10.4 Å². The second kappa shape index (κ2) is 7.75. The van der Waals surface area contributed by atoms with Crippen LogP contribution in [-0.2, 0) is 18.3 Å². The molecule has 0 spiro atoms. The Hall–Kier alpha value is -2.14. The van der Waals surface area contributed by atoms with Gasteiger partial charge in [0.25, 0.3) is 0 Å². The van der Waals surface area contributed by atoms with Gasteiger partial charge in [-0.25, -0.2) is 0 Å². The third kappa shape index (κ3) is 4.43. The molecule has 118 valence electrons. The standard InChI is InChI=1S/C17H23N3O2/c1-13-15(12-19-20(13)2)8-9-17(22)18-11-10-16(21)14-6-4-3-5-7-14/h3-7,12,16,21H,8-11H2,1-2H3,(H,18,22). The molecule has 5 heteroatoms. The molecule has 5 nitrogen and oxygen atoms in total. The summed E-state index contributed by atoms with van der Waals surface area (Å²) in [6, 6.07) is 9.48. The fraction of sp³-hybridized carbons (Fsp3) is 0.412. The number of aliphatic hydroxyl groups excluding tert-OH is 1. The maximum Gasteiger partial charge on any atom is 0.220 e. The Bertz CT molecular complexity index is 608. The lowest BCUT2D eigenvalue weighted by molar-refractivity contribution is -0.121. The van der Waals surface area contributed by atoms with Crippen molar-refractivity contribution in [3.63, 3.8) is 0 Å². The maximum absolute atomic E-state index is 11.8. The molecule has 1 aromatic carbocycles.